The quantitative estimate of drug-likeness (QED) is 0.685. The minimum atomic E-state index is -4.67. The number of halogens is 4. The Labute approximate surface area is 190 Å². The van der Waals surface area contributed by atoms with Crippen molar-refractivity contribution in [1.82, 2.24) is 5.32 Å². The van der Waals surface area contributed by atoms with Crippen LogP contribution in [0.2, 0.25) is 4.34 Å². The molecule has 2 aliphatic rings. The molecule has 2 saturated heterocycles. The van der Waals surface area contributed by atoms with E-state index < -0.39 is 11.7 Å². The van der Waals surface area contributed by atoms with E-state index in [0.717, 1.165) is 22.3 Å². The predicted octanol–water partition coefficient (Wildman–Crippen LogP) is 4.33. The third-order valence-electron chi connectivity index (χ3n) is 5.51. The molecule has 1 atom stereocenters. The van der Waals surface area contributed by atoms with Crippen LogP contribution >= 0.6 is 22.9 Å². The van der Waals surface area contributed by atoms with Crippen LogP contribution in [0.3, 0.4) is 0 Å². The Morgan fingerprint density at radius 3 is 2.56 bits per heavy atom. The molecule has 1 N–H and O–H groups in total. The fourth-order valence-corrected chi connectivity index (χ4v) is 4.94. The average molecular weight is 486 g/mol. The van der Waals surface area contributed by atoms with E-state index in [1.165, 1.54) is 17.0 Å². The summed E-state index contributed by atoms with van der Waals surface area (Å²) in [6, 6.07) is 6.82. The van der Waals surface area contributed by atoms with Crippen LogP contribution < -0.4 is 15.1 Å². The highest BCUT2D eigenvalue weighted by Gasteiger charge is 2.39. The molecule has 3 heterocycles. The van der Waals surface area contributed by atoms with E-state index in [9.17, 15) is 27.6 Å². The maximum Gasteiger partial charge on any atom is 0.418 e. The molecule has 0 aliphatic carbocycles. The minimum absolute atomic E-state index is 0.110. The predicted molar refractivity (Wildman–Crippen MR) is 115 cm³/mol. The van der Waals surface area contributed by atoms with E-state index in [1.807, 2.05) is 0 Å². The normalized spacial score (nSPS) is 19.2. The zero-order valence-electron chi connectivity index (χ0n) is 16.7. The molecule has 0 radical (unpaired) electrons. The second-order valence-electron chi connectivity index (χ2n) is 7.74. The van der Waals surface area contributed by atoms with E-state index in [-0.39, 0.29) is 67.5 Å². The molecule has 4 rings (SSSR count). The molecule has 6 nitrogen and oxygen atoms in total. The van der Waals surface area contributed by atoms with Gasteiger partial charge in [0.05, 0.1) is 20.5 Å². The van der Waals surface area contributed by atoms with Crippen LogP contribution in [-0.2, 0) is 15.8 Å². The lowest BCUT2D eigenvalue weighted by atomic mass is 10.1. The van der Waals surface area contributed by atoms with Gasteiger partial charge in [-0.05, 0) is 36.8 Å². The first-order valence-corrected chi connectivity index (χ1v) is 11.2. The highest BCUT2D eigenvalue weighted by Crippen LogP contribution is 2.41. The first-order chi connectivity index (χ1) is 15.1. The molecule has 0 saturated carbocycles. The van der Waals surface area contributed by atoms with E-state index in [4.69, 9.17) is 11.6 Å². The molecule has 1 unspecified atom stereocenters. The van der Waals surface area contributed by atoms with Crippen LogP contribution in [0.15, 0.2) is 30.3 Å². The molecule has 1 aromatic heterocycles. The van der Waals surface area contributed by atoms with Crippen molar-refractivity contribution in [3.05, 3.63) is 45.1 Å². The molecule has 11 heteroatoms. The molecule has 170 valence electrons. The van der Waals surface area contributed by atoms with Crippen molar-refractivity contribution in [1.29, 1.82) is 0 Å². The van der Waals surface area contributed by atoms with Crippen molar-refractivity contribution in [3.63, 3.8) is 0 Å². The van der Waals surface area contributed by atoms with Gasteiger partial charge in [0.2, 0.25) is 11.8 Å². The number of alkyl halides is 3. The number of amides is 3. The standard InChI is InChI=1S/C21H19ClF3N3O3S/c22-17-6-5-16(32-17)20(31)26-10-12-8-19(30)28(11-12)13-3-4-15(14(9-13)21(23,24)25)27-7-1-2-18(27)29/h3-6,9,12H,1-2,7-8,10-11H2,(H,26,31). The summed E-state index contributed by atoms with van der Waals surface area (Å²) >= 11 is 6.96. The maximum absolute atomic E-state index is 13.7. The third-order valence-corrected chi connectivity index (χ3v) is 6.74. The molecule has 3 amide bonds. The summed E-state index contributed by atoms with van der Waals surface area (Å²) in [5.41, 5.74) is -1.00. The van der Waals surface area contributed by atoms with Crippen molar-refractivity contribution < 1.29 is 27.6 Å². The number of hydrogen-bond acceptors (Lipinski definition) is 4. The lowest BCUT2D eigenvalue weighted by Crippen LogP contribution is -2.31. The second kappa shape index (κ2) is 8.74. The van der Waals surface area contributed by atoms with Gasteiger partial charge >= 0.3 is 6.18 Å². The summed E-state index contributed by atoms with van der Waals surface area (Å²) in [4.78, 5) is 39.5. The molecule has 2 fully saturated rings. The average Bonchev–Trinajstić information content (AvgIpc) is 3.45. The van der Waals surface area contributed by atoms with Gasteiger partial charge in [0.25, 0.3) is 5.91 Å². The Hall–Kier alpha value is -2.59. The lowest BCUT2D eigenvalue weighted by molar-refractivity contribution is -0.137. The number of nitrogens with zero attached hydrogens (tertiary/aromatic N) is 2. The fourth-order valence-electron chi connectivity index (χ4n) is 3.99. The van der Waals surface area contributed by atoms with E-state index >= 15 is 0 Å². The molecule has 0 bridgehead atoms. The first kappa shape index (κ1) is 22.6. The molecule has 2 aliphatic heterocycles. The van der Waals surface area contributed by atoms with Crippen molar-refractivity contribution in [2.24, 2.45) is 5.92 Å². The van der Waals surface area contributed by atoms with Gasteiger partial charge in [-0.15, -0.1) is 11.3 Å². The van der Waals surface area contributed by atoms with Gasteiger partial charge in [0, 0.05) is 44.1 Å². The van der Waals surface area contributed by atoms with Crippen LogP contribution in [0.25, 0.3) is 0 Å². The number of carbonyl (C=O) groups excluding carboxylic acids is 3. The number of thiophene rings is 1. The van der Waals surface area contributed by atoms with Crippen LogP contribution in [0.1, 0.15) is 34.5 Å². The number of rotatable bonds is 5. The van der Waals surface area contributed by atoms with Crippen molar-refractivity contribution in [2.45, 2.75) is 25.4 Å². The molecule has 1 aromatic carbocycles. The summed E-state index contributed by atoms with van der Waals surface area (Å²) in [5, 5.41) is 2.74. The Kier molecular flexibility index (Phi) is 6.17. The third kappa shape index (κ3) is 4.61. The van der Waals surface area contributed by atoms with Gasteiger partial charge in [0.1, 0.15) is 0 Å². The zero-order valence-corrected chi connectivity index (χ0v) is 18.3. The van der Waals surface area contributed by atoms with Crippen LogP contribution in [0.4, 0.5) is 24.5 Å². The number of benzene rings is 1. The largest absolute Gasteiger partial charge is 0.418 e. The monoisotopic (exact) mass is 485 g/mol. The van der Waals surface area contributed by atoms with E-state index in [0.29, 0.717) is 15.6 Å². The number of nitrogens with one attached hydrogen (secondary N) is 1. The number of anilines is 2. The summed E-state index contributed by atoms with van der Waals surface area (Å²) in [6.45, 7) is 0.633. The van der Waals surface area contributed by atoms with Crippen LogP contribution in [0.5, 0.6) is 0 Å². The summed E-state index contributed by atoms with van der Waals surface area (Å²) in [6.07, 6.45) is -3.84. The minimum Gasteiger partial charge on any atom is -0.351 e. The molecule has 0 spiro atoms. The summed E-state index contributed by atoms with van der Waals surface area (Å²) in [5.74, 6) is -1.22. The highest BCUT2D eigenvalue weighted by molar-refractivity contribution is 7.18. The first-order valence-electron chi connectivity index (χ1n) is 9.99. The van der Waals surface area contributed by atoms with Gasteiger partial charge in [-0.2, -0.15) is 13.2 Å². The molecule has 2 aromatic rings. The smallest absolute Gasteiger partial charge is 0.351 e. The Morgan fingerprint density at radius 2 is 1.94 bits per heavy atom. The summed E-state index contributed by atoms with van der Waals surface area (Å²) < 4.78 is 41.7. The number of carbonyl (C=O) groups is 3. The Morgan fingerprint density at radius 1 is 1.16 bits per heavy atom. The lowest BCUT2D eigenvalue weighted by Gasteiger charge is -2.24. The van der Waals surface area contributed by atoms with Crippen molar-refractivity contribution in [2.75, 3.05) is 29.4 Å². The van der Waals surface area contributed by atoms with Gasteiger partial charge in [-0.25, -0.2) is 0 Å². The Bertz CT molecular complexity index is 1070. The molecular weight excluding hydrogens is 467 g/mol. The fraction of sp³-hybridized carbons (Fsp3) is 0.381. The summed E-state index contributed by atoms with van der Waals surface area (Å²) in [7, 11) is 0. The SMILES string of the molecule is O=C(NCC1CC(=O)N(c2ccc(N3CCCC3=O)c(C(F)(F)F)c2)C1)c1ccc(Cl)s1. The van der Waals surface area contributed by atoms with Crippen LogP contribution in [0, 0.1) is 5.92 Å². The van der Waals surface area contributed by atoms with Crippen molar-refractivity contribution in [3.8, 4) is 0 Å². The van der Waals surface area contributed by atoms with Crippen LogP contribution in [-0.4, -0.2) is 37.4 Å². The highest BCUT2D eigenvalue weighted by atomic mass is 35.5. The van der Waals surface area contributed by atoms with Crippen molar-refractivity contribution >= 4 is 52.0 Å². The van der Waals surface area contributed by atoms with E-state index in [2.05, 4.69) is 5.32 Å². The van der Waals surface area contributed by atoms with Gasteiger partial charge in [-0.1, -0.05) is 11.6 Å². The van der Waals surface area contributed by atoms with E-state index in [1.54, 1.807) is 12.1 Å². The van der Waals surface area contributed by atoms with Gasteiger partial charge in [-0.3, -0.25) is 14.4 Å². The second-order valence-corrected chi connectivity index (χ2v) is 9.45. The number of hydrogen-bond donors (Lipinski definition) is 1. The topological polar surface area (TPSA) is 69.7 Å². The molecular formula is C21H19ClF3N3O3S. The van der Waals surface area contributed by atoms with Gasteiger partial charge in [0.15, 0.2) is 0 Å². The Balaban J connectivity index is 1.49. The molecule has 32 heavy (non-hydrogen) atoms. The zero-order chi connectivity index (χ0) is 23.0. The van der Waals surface area contributed by atoms with Gasteiger partial charge < -0.3 is 15.1 Å². The maximum atomic E-state index is 13.7.